The van der Waals surface area contributed by atoms with Gasteiger partial charge in [0.15, 0.2) is 6.61 Å². The topological polar surface area (TPSA) is 64.6 Å². The first-order chi connectivity index (χ1) is 11.1. The predicted octanol–water partition coefficient (Wildman–Crippen LogP) is 3.01. The zero-order chi connectivity index (χ0) is 16.2. The van der Waals surface area contributed by atoms with Crippen molar-refractivity contribution in [2.45, 2.75) is 18.9 Å². The minimum absolute atomic E-state index is 0.0618. The van der Waals surface area contributed by atoms with Gasteiger partial charge in [-0.05, 0) is 18.9 Å². The fourth-order valence-electron chi connectivity index (χ4n) is 2.43. The molecule has 0 spiro atoms. The first kappa shape index (κ1) is 16.2. The molecule has 3 rings (SSSR count). The molecule has 0 bridgehead atoms. The number of amides is 1. The Morgan fingerprint density at radius 2 is 2.22 bits per heavy atom. The van der Waals surface area contributed by atoms with Crippen LogP contribution >= 0.6 is 22.9 Å². The monoisotopic (exact) mass is 353 g/mol. The van der Waals surface area contributed by atoms with E-state index in [0.29, 0.717) is 16.4 Å². The second-order valence-corrected chi connectivity index (χ2v) is 6.69. The van der Waals surface area contributed by atoms with Gasteiger partial charge in [0.1, 0.15) is 4.88 Å². The predicted molar refractivity (Wildman–Crippen MR) is 89.1 cm³/mol. The van der Waals surface area contributed by atoms with Crippen LogP contribution in [0.1, 0.15) is 22.5 Å². The Morgan fingerprint density at radius 1 is 1.39 bits per heavy atom. The van der Waals surface area contributed by atoms with E-state index in [2.05, 4.69) is 5.32 Å². The zero-order valence-corrected chi connectivity index (χ0v) is 13.9. The number of carbonyl (C=O) groups is 2. The molecular formula is C16H16ClNO4S. The Bertz CT molecular complexity index is 724. The Hall–Kier alpha value is -1.63. The summed E-state index contributed by atoms with van der Waals surface area (Å²) in [5.74, 6) is -0.922. The molecule has 1 aliphatic rings. The second-order valence-electron chi connectivity index (χ2n) is 5.26. The van der Waals surface area contributed by atoms with Gasteiger partial charge in [-0.15, -0.1) is 11.3 Å². The molecule has 1 amide bonds. The van der Waals surface area contributed by atoms with Gasteiger partial charge in [-0.2, -0.15) is 0 Å². The van der Waals surface area contributed by atoms with Crippen molar-refractivity contribution in [1.29, 1.82) is 0 Å². The average molecular weight is 354 g/mol. The SMILES string of the molecule is O=C(COC(=O)c1sc2ccccc2c1Cl)NC[C@@H]1CCCO1. The third kappa shape index (κ3) is 3.83. The highest BCUT2D eigenvalue weighted by molar-refractivity contribution is 7.21. The maximum atomic E-state index is 12.1. The van der Waals surface area contributed by atoms with Crippen LogP contribution in [-0.4, -0.2) is 37.7 Å². The normalized spacial score (nSPS) is 17.3. The molecule has 1 atom stereocenters. The molecule has 0 radical (unpaired) electrons. The Morgan fingerprint density at radius 3 is 2.96 bits per heavy atom. The van der Waals surface area contributed by atoms with Gasteiger partial charge in [-0.1, -0.05) is 29.8 Å². The summed E-state index contributed by atoms with van der Waals surface area (Å²) in [5.41, 5.74) is 0. The van der Waals surface area contributed by atoms with Gasteiger partial charge < -0.3 is 14.8 Å². The Kier molecular flexibility index (Phi) is 5.15. The number of halogens is 1. The summed E-state index contributed by atoms with van der Waals surface area (Å²) in [4.78, 5) is 24.1. The van der Waals surface area contributed by atoms with Crippen LogP contribution in [0, 0.1) is 0 Å². The molecular weight excluding hydrogens is 338 g/mol. The van der Waals surface area contributed by atoms with Gasteiger partial charge in [0.2, 0.25) is 0 Å². The molecule has 2 heterocycles. The van der Waals surface area contributed by atoms with Crippen molar-refractivity contribution in [2.75, 3.05) is 19.8 Å². The number of hydrogen-bond acceptors (Lipinski definition) is 5. The van der Waals surface area contributed by atoms with Crippen LogP contribution in [0.3, 0.4) is 0 Å². The van der Waals surface area contributed by atoms with Gasteiger partial charge in [0.05, 0.1) is 11.1 Å². The molecule has 1 aromatic carbocycles. The number of esters is 1. The van der Waals surface area contributed by atoms with E-state index in [1.54, 1.807) is 0 Å². The molecule has 1 saturated heterocycles. The van der Waals surface area contributed by atoms with E-state index < -0.39 is 5.97 Å². The molecule has 0 unspecified atom stereocenters. The molecule has 0 saturated carbocycles. The molecule has 5 nitrogen and oxygen atoms in total. The lowest BCUT2D eigenvalue weighted by molar-refractivity contribution is -0.124. The Labute approximate surface area is 142 Å². The number of thiophene rings is 1. The average Bonchev–Trinajstić information content (AvgIpc) is 3.19. The number of nitrogens with one attached hydrogen (secondary N) is 1. The summed E-state index contributed by atoms with van der Waals surface area (Å²) in [7, 11) is 0. The fourth-order valence-corrected chi connectivity index (χ4v) is 3.83. The quantitative estimate of drug-likeness (QED) is 0.839. The first-order valence-electron chi connectivity index (χ1n) is 7.37. The lowest BCUT2D eigenvalue weighted by Gasteiger charge is -2.10. The van der Waals surface area contributed by atoms with E-state index in [0.717, 1.165) is 29.5 Å². The van der Waals surface area contributed by atoms with Gasteiger partial charge in [0.25, 0.3) is 5.91 Å². The summed E-state index contributed by atoms with van der Waals surface area (Å²) in [6, 6.07) is 7.47. The summed E-state index contributed by atoms with van der Waals surface area (Å²) >= 11 is 7.47. The van der Waals surface area contributed by atoms with E-state index in [1.165, 1.54) is 11.3 Å². The first-order valence-corrected chi connectivity index (χ1v) is 8.57. The molecule has 1 aliphatic heterocycles. The molecule has 1 fully saturated rings. The van der Waals surface area contributed by atoms with Crippen molar-refractivity contribution in [1.82, 2.24) is 5.32 Å². The van der Waals surface area contributed by atoms with E-state index in [4.69, 9.17) is 21.1 Å². The molecule has 23 heavy (non-hydrogen) atoms. The minimum Gasteiger partial charge on any atom is -0.451 e. The fraction of sp³-hybridized carbons (Fsp3) is 0.375. The highest BCUT2D eigenvalue weighted by atomic mass is 35.5. The van der Waals surface area contributed by atoms with Crippen LogP contribution < -0.4 is 5.32 Å². The molecule has 122 valence electrons. The third-order valence-electron chi connectivity index (χ3n) is 3.61. The van der Waals surface area contributed by atoms with E-state index >= 15 is 0 Å². The zero-order valence-electron chi connectivity index (χ0n) is 12.3. The second kappa shape index (κ2) is 7.29. The van der Waals surface area contributed by atoms with Crippen molar-refractivity contribution < 1.29 is 19.1 Å². The van der Waals surface area contributed by atoms with E-state index in [-0.39, 0.29) is 18.6 Å². The van der Waals surface area contributed by atoms with Gasteiger partial charge in [0, 0.05) is 23.2 Å². The maximum absolute atomic E-state index is 12.1. The Balaban J connectivity index is 1.53. The van der Waals surface area contributed by atoms with Crippen molar-refractivity contribution in [3.8, 4) is 0 Å². The number of rotatable bonds is 5. The molecule has 1 N–H and O–H groups in total. The number of hydrogen-bond donors (Lipinski definition) is 1. The lowest BCUT2D eigenvalue weighted by Crippen LogP contribution is -2.34. The molecule has 0 aliphatic carbocycles. The number of fused-ring (bicyclic) bond motifs is 1. The number of benzene rings is 1. The summed E-state index contributed by atoms with van der Waals surface area (Å²) < 4.78 is 11.4. The van der Waals surface area contributed by atoms with Gasteiger partial charge >= 0.3 is 5.97 Å². The van der Waals surface area contributed by atoms with Crippen LogP contribution in [0.4, 0.5) is 0 Å². The lowest BCUT2D eigenvalue weighted by atomic mass is 10.2. The van der Waals surface area contributed by atoms with Crippen molar-refractivity contribution in [3.05, 3.63) is 34.2 Å². The molecule has 7 heteroatoms. The van der Waals surface area contributed by atoms with E-state index in [1.807, 2.05) is 24.3 Å². The number of ether oxygens (including phenoxy) is 2. The van der Waals surface area contributed by atoms with Crippen LogP contribution in [0.2, 0.25) is 5.02 Å². The molecule has 1 aromatic heterocycles. The maximum Gasteiger partial charge on any atom is 0.350 e. The largest absolute Gasteiger partial charge is 0.451 e. The number of carbonyl (C=O) groups excluding carboxylic acids is 2. The summed E-state index contributed by atoms with van der Waals surface area (Å²) in [6.45, 7) is 0.857. The van der Waals surface area contributed by atoms with Crippen LogP contribution in [0.25, 0.3) is 10.1 Å². The van der Waals surface area contributed by atoms with Crippen LogP contribution in [-0.2, 0) is 14.3 Å². The molecule has 2 aromatic rings. The minimum atomic E-state index is -0.580. The van der Waals surface area contributed by atoms with Crippen LogP contribution in [0.5, 0.6) is 0 Å². The van der Waals surface area contributed by atoms with Gasteiger partial charge in [-0.3, -0.25) is 4.79 Å². The summed E-state index contributed by atoms with van der Waals surface area (Å²) in [6.07, 6.45) is 2.02. The van der Waals surface area contributed by atoms with E-state index in [9.17, 15) is 9.59 Å². The summed E-state index contributed by atoms with van der Waals surface area (Å²) in [5, 5.41) is 3.89. The standard InChI is InChI=1S/C16H16ClNO4S/c17-14-11-5-1-2-6-12(11)23-15(14)16(20)22-9-13(19)18-8-10-4-3-7-21-10/h1-2,5-6,10H,3-4,7-9H2,(H,18,19)/t10-/m0/s1. The third-order valence-corrected chi connectivity index (χ3v) is 5.26. The van der Waals surface area contributed by atoms with Crippen molar-refractivity contribution in [2.24, 2.45) is 0 Å². The van der Waals surface area contributed by atoms with Crippen LogP contribution in [0.15, 0.2) is 24.3 Å². The van der Waals surface area contributed by atoms with Crippen molar-refractivity contribution >= 4 is 44.9 Å². The van der Waals surface area contributed by atoms with Crippen molar-refractivity contribution in [3.63, 3.8) is 0 Å². The highest BCUT2D eigenvalue weighted by Gasteiger charge is 2.20. The smallest absolute Gasteiger partial charge is 0.350 e. The van der Waals surface area contributed by atoms with Gasteiger partial charge in [-0.25, -0.2) is 4.79 Å². The highest BCUT2D eigenvalue weighted by Crippen LogP contribution is 2.35.